The first kappa shape index (κ1) is 14.5. The molecule has 0 bridgehead atoms. The number of nitrogens with zero attached hydrogens (tertiary/aromatic N) is 2. The Labute approximate surface area is 125 Å². The van der Waals surface area contributed by atoms with Gasteiger partial charge >= 0.3 is 0 Å². The van der Waals surface area contributed by atoms with Gasteiger partial charge in [0.05, 0.1) is 5.52 Å². The number of halogens is 1. The third kappa shape index (κ3) is 3.10. The van der Waals surface area contributed by atoms with E-state index in [0.717, 1.165) is 56.2 Å². The van der Waals surface area contributed by atoms with Crippen LogP contribution in [0.15, 0.2) is 18.2 Å². The number of hydrogen-bond acceptors (Lipinski definition) is 2. The molecule has 114 valence electrons. The van der Waals surface area contributed by atoms with Crippen LogP contribution >= 0.6 is 0 Å². The molecule has 1 N–H and O–H groups in total. The number of benzene rings is 1. The molecule has 3 rings (SSSR count). The van der Waals surface area contributed by atoms with Crippen LogP contribution in [-0.2, 0) is 13.0 Å². The smallest absolute Gasteiger partial charge is 0.151 e. The normalized spacial score (nSPS) is 19.2. The predicted molar refractivity (Wildman–Crippen MR) is 83.9 cm³/mol. The third-order valence-electron chi connectivity index (χ3n) is 4.43. The molecule has 1 aromatic heterocycles. The van der Waals surface area contributed by atoms with Gasteiger partial charge in [0.1, 0.15) is 11.3 Å². The zero-order valence-electron chi connectivity index (χ0n) is 12.7. The fraction of sp³-hybridized carbons (Fsp3) is 0.588. The van der Waals surface area contributed by atoms with E-state index < -0.39 is 0 Å². The summed E-state index contributed by atoms with van der Waals surface area (Å²) in [6.45, 7) is 5.33. The number of piperidine rings is 1. The van der Waals surface area contributed by atoms with Gasteiger partial charge in [-0.25, -0.2) is 9.37 Å². The SMILES string of the molecule is CCCn1c(CCC2CCCNC2)nc2c(F)cccc21. The van der Waals surface area contributed by atoms with Crippen molar-refractivity contribution in [3.05, 3.63) is 29.8 Å². The van der Waals surface area contributed by atoms with E-state index in [9.17, 15) is 4.39 Å². The molecule has 0 radical (unpaired) electrons. The highest BCUT2D eigenvalue weighted by atomic mass is 19.1. The summed E-state index contributed by atoms with van der Waals surface area (Å²) < 4.78 is 16.1. The van der Waals surface area contributed by atoms with Gasteiger partial charge in [0.2, 0.25) is 0 Å². The fourth-order valence-corrected chi connectivity index (χ4v) is 3.33. The highest BCUT2D eigenvalue weighted by Crippen LogP contribution is 2.23. The number of fused-ring (bicyclic) bond motifs is 1. The molecule has 1 atom stereocenters. The van der Waals surface area contributed by atoms with Gasteiger partial charge < -0.3 is 9.88 Å². The number of para-hydroxylation sites is 1. The van der Waals surface area contributed by atoms with Crippen LogP contribution in [-0.4, -0.2) is 22.6 Å². The summed E-state index contributed by atoms with van der Waals surface area (Å²) in [6, 6.07) is 5.26. The Morgan fingerprint density at radius 1 is 1.43 bits per heavy atom. The maximum absolute atomic E-state index is 13.9. The van der Waals surface area contributed by atoms with Gasteiger partial charge in [-0.2, -0.15) is 0 Å². The van der Waals surface area contributed by atoms with Gasteiger partial charge in [-0.1, -0.05) is 13.0 Å². The second-order valence-electron chi connectivity index (χ2n) is 6.04. The average molecular weight is 289 g/mol. The van der Waals surface area contributed by atoms with Crippen LogP contribution in [0.1, 0.15) is 38.4 Å². The van der Waals surface area contributed by atoms with Crippen molar-refractivity contribution in [2.75, 3.05) is 13.1 Å². The van der Waals surface area contributed by atoms with Crippen molar-refractivity contribution in [2.24, 2.45) is 5.92 Å². The molecule has 2 aromatic rings. The Morgan fingerprint density at radius 3 is 3.10 bits per heavy atom. The molecular formula is C17H24FN3. The van der Waals surface area contributed by atoms with Gasteiger partial charge in [-0.15, -0.1) is 0 Å². The minimum atomic E-state index is -0.206. The first-order chi connectivity index (χ1) is 10.3. The van der Waals surface area contributed by atoms with Crippen LogP contribution in [0.2, 0.25) is 0 Å². The van der Waals surface area contributed by atoms with E-state index in [2.05, 4.69) is 21.8 Å². The summed E-state index contributed by atoms with van der Waals surface area (Å²) >= 11 is 0. The molecule has 1 fully saturated rings. The lowest BCUT2D eigenvalue weighted by atomic mass is 9.94. The molecule has 4 heteroatoms. The molecule has 0 saturated carbocycles. The number of nitrogens with one attached hydrogen (secondary N) is 1. The first-order valence-electron chi connectivity index (χ1n) is 8.14. The van der Waals surface area contributed by atoms with Crippen LogP contribution < -0.4 is 5.32 Å². The summed E-state index contributed by atoms with van der Waals surface area (Å²) in [5.74, 6) is 1.57. The predicted octanol–water partition coefficient (Wildman–Crippen LogP) is 3.52. The summed E-state index contributed by atoms with van der Waals surface area (Å²) in [6.07, 6.45) is 5.70. The standard InChI is InChI=1S/C17H24FN3/c1-2-11-21-15-7-3-6-14(18)17(15)20-16(21)9-8-13-5-4-10-19-12-13/h3,6-7,13,19H,2,4-5,8-12H2,1H3. The van der Waals surface area contributed by atoms with Gasteiger partial charge in [-0.05, 0) is 56.8 Å². The first-order valence-corrected chi connectivity index (χ1v) is 8.14. The van der Waals surface area contributed by atoms with E-state index in [1.165, 1.54) is 18.9 Å². The van der Waals surface area contributed by atoms with Crippen LogP contribution in [0.25, 0.3) is 11.0 Å². The zero-order chi connectivity index (χ0) is 14.7. The molecule has 3 nitrogen and oxygen atoms in total. The third-order valence-corrected chi connectivity index (χ3v) is 4.43. The number of rotatable bonds is 5. The molecule has 0 aliphatic carbocycles. The highest BCUT2D eigenvalue weighted by Gasteiger charge is 2.17. The molecular weight excluding hydrogens is 265 g/mol. The lowest BCUT2D eigenvalue weighted by Crippen LogP contribution is -2.30. The summed E-state index contributed by atoms with van der Waals surface area (Å²) in [5, 5.41) is 3.46. The summed E-state index contributed by atoms with van der Waals surface area (Å²) in [7, 11) is 0. The maximum Gasteiger partial charge on any atom is 0.151 e. The molecule has 1 saturated heterocycles. The number of hydrogen-bond donors (Lipinski definition) is 1. The van der Waals surface area contributed by atoms with Crippen LogP contribution in [0.4, 0.5) is 4.39 Å². The fourth-order valence-electron chi connectivity index (χ4n) is 3.33. The van der Waals surface area contributed by atoms with E-state index in [4.69, 9.17) is 0 Å². The van der Waals surface area contributed by atoms with Crippen LogP contribution in [0.5, 0.6) is 0 Å². The summed E-state index contributed by atoms with van der Waals surface area (Å²) in [5.41, 5.74) is 1.47. The van der Waals surface area contributed by atoms with Crippen molar-refractivity contribution >= 4 is 11.0 Å². The number of aromatic nitrogens is 2. The van der Waals surface area contributed by atoms with Crippen molar-refractivity contribution < 1.29 is 4.39 Å². The van der Waals surface area contributed by atoms with Gasteiger partial charge in [0.15, 0.2) is 5.82 Å². The Balaban J connectivity index is 1.82. The van der Waals surface area contributed by atoms with E-state index >= 15 is 0 Å². The van der Waals surface area contributed by atoms with Gasteiger partial charge in [0, 0.05) is 13.0 Å². The lowest BCUT2D eigenvalue weighted by Gasteiger charge is -2.22. The van der Waals surface area contributed by atoms with Crippen molar-refractivity contribution in [3.63, 3.8) is 0 Å². The molecule has 1 aromatic carbocycles. The maximum atomic E-state index is 13.9. The largest absolute Gasteiger partial charge is 0.328 e. The minimum absolute atomic E-state index is 0.206. The monoisotopic (exact) mass is 289 g/mol. The lowest BCUT2D eigenvalue weighted by molar-refractivity contribution is 0.354. The Hall–Kier alpha value is -1.42. The molecule has 1 unspecified atom stereocenters. The van der Waals surface area contributed by atoms with Crippen LogP contribution in [0, 0.1) is 11.7 Å². The van der Waals surface area contributed by atoms with Crippen molar-refractivity contribution in [2.45, 2.75) is 45.6 Å². The van der Waals surface area contributed by atoms with Crippen molar-refractivity contribution in [1.29, 1.82) is 0 Å². The molecule has 2 heterocycles. The second kappa shape index (κ2) is 6.56. The second-order valence-corrected chi connectivity index (χ2v) is 6.04. The minimum Gasteiger partial charge on any atom is -0.328 e. The number of imidazole rings is 1. The molecule has 21 heavy (non-hydrogen) atoms. The number of aryl methyl sites for hydroxylation is 2. The van der Waals surface area contributed by atoms with Crippen LogP contribution in [0.3, 0.4) is 0 Å². The molecule has 1 aliphatic rings. The average Bonchev–Trinajstić information content (AvgIpc) is 2.86. The Bertz CT molecular complexity index is 599. The zero-order valence-corrected chi connectivity index (χ0v) is 12.7. The topological polar surface area (TPSA) is 29.9 Å². The van der Waals surface area contributed by atoms with Crippen molar-refractivity contribution in [3.8, 4) is 0 Å². The van der Waals surface area contributed by atoms with E-state index in [1.807, 2.05) is 6.07 Å². The summed E-state index contributed by atoms with van der Waals surface area (Å²) in [4.78, 5) is 4.58. The van der Waals surface area contributed by atoms with E-state index in [0.29, 0.717) is 5.52 Å². The Morgan fingerprint density at radius 2 is 2.33 bits per heavy atom. The molecule has 0 spiro atoms. The Kier molecular flexibility index (Phi) is 4.54. The van der Waals surface area contributed by atoms with Crippen molar-refractivity contribution in [1.82, 2.24) is 14.9 Å². The highest BCUT2D eigenvalue weighted by molar-refractivity contribution is 5.76. The van der Waals surface area contributed by atoms with Gasteiger partial charge in [-0.3, -0.25) is 0 Å². The quantitative estimate of drug-likeness (QED) is 0.912. The molecule has 0 amide bonds. The van der Waals surface area contributed by atoms with E-state index in [-0.39, 0.29) is 5.82 Å². The molecule has 1 aliphatic heterocycles. The van der Waals surface area contributed by atoms with E-state index in [1.54, 1.807) is 6.07 Å². The van der Waals surface area contributed by atoms with Gasteiger partial charge in [0.25, 0.3) is 0 Å².